The number of rotatable bonds is 3. The van der Waals surface area contributed by atoms with E-state index in [1.165, 1.54) is 6.42 Å². The lowest BCUT2D eigenvalue weighted by Gasteiger charge is -2.28. The van der Waals surface area contributed by atoms with E-state index in [1.807, 2.05) is 13.8 Å². The fraction of sp³-hybridized carbons (Fsp3) is 0.933. The molecule has 2 aliphatic heterocycles. The van der Waals surface area contributed by atoms with E-state index in [9.17, 15) is 4.79 Å². The molecule has 2 rings (SSSR count). The van der Waals surface area contributed by atoms with Gasteiger partial charge in [-0.3, -0.25) is 4.79 Å². The summed E-state index contributed by atoms with van der Waals surface area (Å²) in [5, 5.41) is 0. The van der Waals surface area contributed by atoms with Crippen molar-refractivity contribution in [2.45, 2.75) is 77.1 Å². The maximum atomic E-state index is 12.5. The van der Waals surface area contributed by atoms with Crippen LogP contribution in [-0.4, -0.2) is 29.7 Å². The van der Waals surface area contributed by atoms with Gasteiger partial charge in [0, 0.05) is 18.9 Å². The van der Waals surface area contributed by atoms with Gasteiger partial charge in [-0.15, -0.1) is 0 Å². The summed E-state index contributed by atoms with van der Waals surface area (Å²) in [6.45, 7) is 9.02. The topological polar surface area (TPSA) is 35.5 Å². The van der Waals surface area contributed by atoms with Crippen molar-refractivity contribution in [1.82, 2.24) is 0 Å². The normalized spacial score (nSPS) is 34.4. The molecule has 0 aromatic rings. The Kier molecular flexibility index (Phi) is 3.84. The van der Waals surface area contributed by atoms with E-state index >= 15 is 0 Å². The van der Waals surface area contributed by atoms with Crippen LogP contribution in [0.15, 0.2) is 0 Å². The Bertz CT molecular complexity index is 314. The Morgan fingerprint density at radius 1 is 1.22 bits per heavy atom. The van der Waals surface area contributed by atoms with Gasteiger partial charge in [-0.2, -0.15) is 0 Å². The first-order valence-corrected chi connectivity index (χ1v) is 7.15. The summed E-state index contributed by atoms with van der Waals surface area (Å²) < 4.78 is 11.7. The standard InChI is InChI=1S/C15H26O3/c1-14(2)10-12(15(3,4)18-14)13(16)9-11-7-5-6-8-17-11/h11-12H,5-10H2,1-4H3. The summed E-state index contributed by atoms with van der Waals surface area (Å²) in [6.07, 6.45) is 4.89. The largest absolute Gasteiger partial charge is 0.378 e. The third kappa shape index (κ3) is 3.12. The number of ether oxygens (including phenoxy) is 2. The van der Waals surface area contributed by atoms with Crippen LogP contribution in [0.1, 0.15) is 59.8 Å². The SMILES string of the molecule is CC1(C)CC(C(=O)CC2CCCCO2)C(C)(C)O1. The molecule has 104 valence electrons. The number of ketones is 1. The van der Waals surface area contributed by atoms with Gasteiger partial charge in [0.25, 0.3) is 0 Å². The zero-order chi connectivity index (χ0) is 13.4. The zero-order valence-corrected chi connectivity index (χ0v) is 12.1. The molecule has 0 radical (unpaired) electrons. The third-order valence-electron chi connectivity index (χ3n) is 4.17. The zero-order valence-electron chi connectivity index (χ0n) is 12.1. The van der Waals surface area contributed by atoms with Crippen molar-refractivity contribution >= 4 is 5.78 Å². The molecule has 2 saturated heterocycles. The van der Waals surface area contributed by atoms with Crippen LogP contribution in [-0.2, 0) is 14.3 Å². The summed E-state index contributed by atoms with van der Waals surface area (Å²) in [6, 6.07) is 0. The fourth-order valence-corrected chi connectivity index (χ4v) is 3.40. The predicted molar refractivity (Wildman–Crippen MR) is 70.6 cm³/mol. The first-order valence-electron chi connectivity index (χ1n) is 7.15. The predicted octanol–water partition coefficient (Wildman–Crippen LogP) is 3.11. The molecule has 2 unspecified atom stereocenters. The van der Waals surface area contributed by atoms with Gasteiger partial charge in [0.05, 0.1) is 17.3 Å². The van der Waals surface area contributed by atoms with E-state index in [2.05, 4.69) is 13.8 Å². The molecule has 2 atom stereocenters. The van der Waals surface area contributed by atoms with E-state index < -0.39 is 0 Å². The molecule has 0 aromatic heterocycles. The smallest absolute Gasteiger partial charge is 0.141 e. The van der Waals surface area contributed by atoms with E-state index in [4.69, 9.17) is 9.47 Å². The molecule has 18 heavy (non-hydrogen) atoms. The summed E-state index contributed by atoms with van der Waals surface area (Å²) in [5.41, 5.74) is -0.521. The number of hydrogen-bond donors (Lipinski definition) is 0. The third-order valence-corrected chi connectivity index (χ3v) is 4.17. The number of carbonyl (C=O) groups is 1. The van der Waals surface area contributed by atoms with Crippen LogP contribution in [0.25, 0.3) is 0 Å². The van der Waals surface area contributed by atoms with Crippen LogP contribution in [0, 0.1) is 5.92 Å². The Hall–Kier alpha value is -0.410. The van der Waals surface area contributed by atoms with E-state index in [1.54, 1.807) is 0 Å². The molecule has 2 fully saturated rings. The Balaban J connectivity index is 1.96. The monoisotopic (exact) mass is 254 g/mol. The maximum Gasteiger partial charge on any atom is 0.141 e. The molecule has 0 saturated carbocycles. The van der Waals surface area contributed by atoms with Crippen molar-refractivity contribution in [3.8, 4) is 0 Å². The second kappa shape index (κ2) is 4.93. The summed E-state index contributed by atoms with van der Waals surface area (Å²) in [5.74, 6) is 0.329. The minimum absolute atomic E-state index is 0.0121. The highest BCUT2D eigenvalue weighted by molar-refractivity contribution is 5.83. The molecule has 3 heteroatoms. The quantitative estimate of drug-likeness (QED) is 0.776. The molecule has 0 aromatic carbocycles. The van der Waals surface area contributed by atoms with Gasteiger partial charge in [0.1, 0.15) is 5.78 Å². The van der Waals surface area contributed by atoms with Crippen LogP contribution < -0.4 is 0 Å². The molecule has 0 spiro atoms. The van der Waals surface area contributed by atoms with Gasteiger partial charge in [-0.05, 0) is 53.4 Å². The van der Waals surface area contributed by atoms with Gasteiger partial charge >= 0.3 is 0 Å². The molecule has 0 N–H and O–H groups in total. The van der Waals surface area contributed by atoms with Crippen molar-refractivity contribution in [2.75, 3.05) is 6.61 Å². The summed E-state index contributed by atoms with van der Waals surface area (Å²) >= 11 is 0. The van der Waals surface area contributed by atoms with Crippen molar-refractivity contribution in [2.24, 2.45) is 5.92 Å². The van der Waals surface area contributed by atoms with E-state index in [0.717, 1.165) is 25.9 Å². The van der Waals surface area contributed by atoms with Crippen molar-refractivity contribution in [3.63, 3.8) is 0 Å². The second-order valence-corrected chi connectivity index (χ2v) is 6.88. The summed E-state index contributed by atoms with van der Waals surface area (Å²) in [7, 11) is 0. The van der Waals surface area contributed by atoms with Crippen molar-refractivity contribution < 1.29 is 14.3 Å². The van der Waals surface area contributed by atoms with E-state index in [-0.39, 0.29) is 23.2 Å². The number of Topliss-reactive ketones (excluding diaryl/α,β-unsaturated/α-hetero) is 1. The molecular formula is C15H26O3. The Morgan fingerprint density at radius 3 is 2.44 bits per heavy atom. The number of hydrogen-bond acceptors (Lipinski definition) is 3. The van der Waals surface area contributed by atoms with Gasteiger partial charge < -0.3 is 9.47 Å². The first-order chi connectivity index (χ1) is 8.30. The van der Waals surface area contributed by atoms with Gasteiger partial charge in [-0.1, -0.05) is 0 Å². The minimum Gasteiger partial charge on any atom is -0.378 e. The van der Waals surface area contributed by atoms with E-state index in [0.29, 0.717) is 12.2 Å². The first kappa shape index (κ1) is 14.0. The molecule has 2 heterocycles. The lowest BCUT2D eigenvalue weighted by molar-refractivity contribution is -0.133. The van der Waals surface area contributed by atoms with Gasteiger partial charge in [0.15, 0.2) is 0 Å². The van der Waals surface area contributed by atoms with Crippen molar-refractivity contribution in [3.05, 3.63) is 0 Å². The molecule has 2 aliphatic rings. The Labute approximate surface area is 110 Å². The van der Waals surface area contributed by atoms with Crippen molar-refractivity contribution in [1.29, 1.82) is 0 Å². The number of carbonyl (C=O) groups excluding carboxylic acids is 1. The molecule has 0 bridgehead atoms. The van der Waals surface area contributed by atoms with Crippen LogP contribution in [0.5, 0.6) is 0 Å². The highest BCUT2D eigenvalue weighted by atomic mass is 16.5. The lowest BCUT2D eigenvalue weighted by Crippen LogP contribution is -2.36. The maximum absolute atomic E-state index is 12.5. The average molecular weight is 254 g/mol. The van der Waals surface area contributed by atoms with Crippen LogP contribution in [0.4, 0.5) is 0 Å². The molecular weight excluding hydrogens is 228 g/mol. The highest BCUT2D eigenvalue weighted by Crippen LogP contribution is 2.43. The Morgan fingerprint density at radius 2 is 1.94 bits per heavy atom. The molecule has 0 amide bonds. The van der Waals surface area contributed by atoms with Crippen LogP contribution >= 0.6 is 0 Å². The van der Waals surface area contributed by atoms with Gasteiger partial charge in [-0.25, -0.2) is 0 Å². The molecule has 3 nitrogen and oxygen atoms in total. The van der Waals surface area contributed by atoms with Crippen LogP contribution in [0.2, 0.25) is 0 Å². The van der Waals surface area contributed by atoms with Crippen LogP contribution in [0.3, 0.4) is 0 Å². The summed E-state index contributed by atoms with van der Waals surface area (Å²) in [4.78, 5) is 12.5. The minimum atomic E-state index is -0.338. The van der Waals surface area contributed by atoms with Gasteiger partial charge in [0.2, 0.25) is 0 Å². The molecule has 0 aliphatic carbocycles. The fourth-order valence-electron chi connectivity index (χ4n) is 3.40. The highest BCUT2D eigenvalue weighted by Gasteiger charge is 2.49. The second-order valence-electron chi connectivity index (χ2n) is 6.88. The average Bonchev–Trinajstić information content (AvgIpc) is 2.48. The lowest BCUT2D eigenvalue weighted by atomic mass is 9.82.